The van der Waals surface area contributed by atoms with Gasteiger partial charge in [-0.1, -0.05) is 50.1 Å². The van der Waals surface area contributed by atoms with Crippen molar-refractivity contribution >= 4 is 69.2 Å². The number of rotatable bonds is 2. The van der Waals surface area contributed by atoms with Crippen LogP contribution in [0.5, 0.6) is 0 Å². The molecule has 2 aromatic carbocycles. The fourth-order valence-electron chi connectivity index (χ4n) is 2.14. The normalized spacial score (nSPS) is 12.8. The third kappa shape index (κ3) is 2.62. The molecule has 3 aromatic rings. The molecule has 1 heterocycles. The zero-order valence-electron chi connectivity index (χ0n) is 10.1. The van der Waals surface area contributed by atoms with E-state index in [1.165, 1.54) is 0 Å². The highest BCUT2D eigenvalue weighted by Crippen LogP contribution is 2.39. The van der Waals surface area contributed by atoms with Crippen LogP contribution in [0.4, 0.5) is 0 Å². The predicted octanol–water partition coefficient (Wildman–Crippen LogP) is 6.27. The topological polar surface area (TPSA) is 20.2 Å². The summed E-state index contributed by atoms with van der Waals surface area (Å²) in [6.45, 7) is 0. The van der Waals surface area contributed by atoms with Crippen LogP contribution in [0.3, 0.4) is 0 Å². The minimum absolute atomic E-state index is 0.638. The molecule has 5 heteroatoms. The lowest BCUT2D eigenvalue weighted by atomic mass is 10.0. The molecule has 0 saturated heterocycles. The summed E-state index contributed by atoms with van der Waals surface area (Å²) < 4.78 is 4.11. The zero-order chi connectivity index (χ0) is 14.3. The van der Waals surface area contributed by atoms with Gasteiger partial charge in [0.15, 0.2) is 0 Å². The first-order chi connectivity index (χ1) is 9.58. The third-order valence-electron chi connectivity index (χ3n) is 3.13. The zero-order valence-corrected chi connectivity index (χ0v) is 15.7. The van der Waals surface area contributed by atoms with Gasteiger partial charge >= 0.3 is 0 Å². The van der Waals surface area contributed by atoms with Crippen LogP contribution in [0.25, 0.3) is 10.1 Å². The minimum atomic E-state index is -0.638. The van der Waals surface area contributed by atoms with Crippen LogP contribution in [0.15, 0.2) is 55.2 Å². The van der Waals surface area contributed by atoms with Crippen molar-refractivity contribution in [1.82, 2.24) is 0 Å². The van der Waals surface area contributed by atoms with Gasteiger partial charge in [-0.3, -0.25) is 0 Å². The maximum absolute atomic E-state index is 10.7. The van der Waals surface area contributed by atoms with Crippen LogP contribution in [-0.4, -0.2) is 5.11 Å². The van der Waals surface area contributed by atoms with Gasteiger partial charge in [-0.2, -0.15) is 0 Å². The van der Waals surface area contributed by atoms with Gasteiger partial charge in [0.05, 0.1) is 0 Å². The first-order valence-electron chi connectivity index (χ1n) is 5.86. The minimum Gasteiger partial charge on any atom is -0.384 e. The summed E-state index contributed by atoms with van der Waals surface area (Å²) in [7, 11) is 0. The van der Waals surface area contributed by atoms with E-state index in [1.54, 1.807) is 11.3 Å². The Morgan fingerprint density at radius 2 is 1.75 bits per heavy atom. The van der Waals surface area contributed by atoms with Crippen LogP contribution in [0, 0.1) is 0 Å². The quantitative estimate of drug-likeness (QED) is 0.462. The largest absolute Gasteiger partial charge is 0.384 e. The molecule has 0 radical (unpaired) electrons. The Balaban J connectivity index is 2.13. The lowest BCUT2D eigenvalue weighted by Crippen LogP contribution is -1.99. The number of aliphatic hydroxyl groups is 1. The van der Waals surface area contributed by atoms with E-state index in [1.807, 2.05) is 41.8 Å². The second kappa shape index (κ2) is 5.89. The van der Waals surface area contributed by atoms with Crippen molar-refractivity contribution < 1.29 is 5.11 Å². The van der Waals surface area contributed by atoms with Crippen LogP contribution in [0.2, 0.25) is 0 Å². The monoisotopic (exact) mass is 474 g/mol. The number of thiophene rings is 1. The summed E-state index contributed by atoms with van der Waals surface area (Å²) in [4.78, 5) is 0. The van der Waals surface area contributed by atoms with Gasteiger partial charge in [0.2, 0.25) is 0 Å². The Hall–Kier alpha value is -0.200. The van der Waals surface area contributed by atoms with E-state index in [9.17, 15) is 5.11 Å². The molecular weight excluding hydrogens is 468 g/mol. The molecule has 0 amide bonds. The molecule has 1 N–H and O–H groups in total. The second-order valence-corrected chi connectivity index (χ2v) is 7.88. The summed E-state index contributed by atoms with van der Waals surface area (Å²) in [5, 5.41) is 13.8. The molecule has 1 unspecified atom stereocenters. The molecule has 3 rings (SSSR count). The third-order valence-corrected chi connectivity index (χ3v) is 6.28. The number of fused-ring (bicyclic) bond motifs is 1. The summed E-state index contributed by atoms with van der Waals surface area (Å²) in [5.74, 6) is 0. The maximum Gasteiger partial charge on any atom is 0.107 e. The molecular formula is C15H9Br3OS. The van der Waals surface area contributed by atoms with E-state index in [4.69, 9.17) is 0 Å². The highest BCUT2D eigenvalue weighted by Gasteiger charge is 2.18. The van der Waals surface area contributed by atoms with Crippen molar-refractivity contribution in [2.45, 2.75) is 6.10 Å². The van der Waals surface area contributed by atoms with E-state index < -0.39 is 6.10 Å². The Morgan fingerprint density at radius 1 is 0.950 bits per heavy atom. The van der Waals surface area contributed by atoms with Gasteiger partial charge in [0.1, 0.15) is 6.10 Å². The summed E-state index contributed by atoms with van der Waals surface area (Å²) in [5.41, 5.74) is 1.81. The molecule has 20 heavy (non-hydrogen) atoms. The Morgan fingerprint density at radius 3 is 2.50 bits per heavy atom. The highest BCUT2D eigenvalue weighted by molar-refractivity contribution is 9.11. The highest BCUT2D eigenvalue weighted by atomic mass is 79.9. The van der Waals surface area contributed by atoms with E-state index in [-0.39, 0.29) is 0 Å². The van der Waals surface area contributed by atoms with E-state index >= 15 is 0 Å². The first kappa shape index (κ1) is 14.7. The smallest absolute Gasteiger partial charge is 0.107 e. The van der Waals surface area contributed by atoms with Gasteiger partial charge in [0, 0.05) is 23.7 Å². The molecule has 0 fully saturated rings. The molecule has 0 aliphatic carbocycles. The van der Waals surface area contributed by atoms with E-state index in [0.717, 1.165) is 34.6 Å². The molecule has 0 spiro atoms. The van der Waals surface area contributed by atoms with Crippen molar-refractivity contribution in [2.75, 3.05) is 0 Å². The van der Waals surface area contributed by atoms with Gasteiger partial charge in [-0.05, 0) is 50.5 Å². The van der Waals surface area contributed by atoms with Gasteiger partial charge in [0.25, 0.3) is 0 Å². The Kier molecular flexibility index (Phi) is 4.34. The van der Waals surface area contributed by atoms with Crippen molar-refractivity contribution in [3.63, 3.8) is 0 Å². The summed E-state index contributed by atoms with van der Waals surface area (Å²) >= 11 is 12.1. The lowest BCUT2D eigenvalue weighted by Gasteiger charge is -2.13. The molecule has 1 atom stereocenters. The van der Waals surface area contributed by atoms with Gasteiger partial charge < -0.3 is 5.11 Å². The van der Waals surface area contributed by atoms with Crippen LogP contribution < -0.4 is 0 Å². The standard InChI is InChI=1S/C15H9Br3OS/c16-8-4-5-10(13(18)6-8)14(19)11-7-20-15-9(11)2-1-3-12(15)17/h1-7,14,19H. The molecule has 0 bridgehead atoms. The summed E-state index contributed by atoms with van der Waals surface area (Å²) in [6, 6.07) is 11.9. The molecule has 0 aliphatic heterocycles. The van der Waals surface area contributed by atoms with E-state index in [0.29, 0.717) is 0 Å². The fourth-order valence-corrected chi connectivity index (χ4v) is 5.05. The molecule has 1 nitrogen and oxygen atoms in total. The van der Waals surface area contributed by atoms with Crippen molar-refractivity contribution in [3.8, 4) is 0 Å². The lowest BCUT2D eigenvalue weighted by molar-refractivity contribution is 0.221. The predicted molar refractivity (Wildman–Crippen MR) is 95.4 cm³/mol. The SMILES string of the molecule is OC(c1ccc(Br)cc1Br)c1csc2c(Br)cccc12. The Labute approximate surface area is 146 Å². The molecule has 1 aromatic heterocycles. The second-order valence-electron chi connectivity index (χ2n) is 4.38. The van der Waals surface area contributed by atoms with Crippen molar-refractivity contribution in [2.24, 2.45) is 0 Å². The first-order valence-corrected chi connectivity index (χ1v) is 9.12. The average Bonchev–Trinajstić information content (AvgIpc) is 2.83. The number of halogens is 3. The van der Waals surface area contributed by atoms with Gasteiger partial charge in [-0.25, -0.2) is 0 Å². The van der Waals surface area contributed by atoms with Crippen molar-refractivity contribution in [1.29, 1.82) is 0 Å². The van der Waals surface area contributed by atoms with Crippen molar-refractivity contribution in [3.05, 3.63) is 66.3 Å². The number of aliphatic hydroxyl groups excluding tert-OH is 1. The average molecular weight is 477 g/mol. The van der Waals surface area contributed by atoms with Crippen LogP contribution in [0.1, 0.15) is 17.2 Å². The number of benzene rings is 2. The molecule has 0 saturated carbocycles. The molecule has 102 valence electrons. The fraction of sp³-hybridized carbons (Fsp3) is 0.0667. The molecule has 0 aliphatic rings. The van der Waals surface area contributed by atoms with Gasteiger partial charge in [-0.15, -0.1) is 11.3 Å². The van der Waals surface area contributed by atoms with Crippen LogP contribution in [-0.2, 0) is 0 Å². The Bertz CT molecular complexity index is 782. The van der Waals surface area contributed by atoms with Crippen LogP contribution >= 0.6 is 59.1 Å². The number of hydrogen-bond acceptors (Lipinski definition) is 2. The maximum atomic E-state index is 10.7. The number of hydrogen-bond donors (Lipinski definition) is 1. The van der Waals surface area contributed by atoms with E-state index in [2.05, 4.69) is 47.8 Å². The summed E-state index contributed by atoms with van der Waals surface area (Å²) in [6.07, 6.45) is -0.638.